The Morgan fingerprint density at radius 1 is 1.16 bits per heavy atom. The number of imidazole rings is 1. The number of ether oxygens (including phenoxy) is 2. The van der Waals surface area contributed by atoms with E-state index in [9.17, 15) is 10.1 Å². The van der Waals surface area contributed by atoms with Gasteiger partial charge in [-0.15, -0.1) is 5.10 Å². The number of nitro groups is 1. The van der Waals surface area contributed by atoms with Gasteiger partial charge in [0, 0.05) is 10.5 Å². The zero-order valence-electron chi connectivity index (χ0n) is 17.5. The van der Waals surface area contributed by atoms with E-state index in [0.29, 0.717) is 12.3 Å². The van der Waals surface area contributed by atoms with Crippen LogP contribution in [0.2, 0.25) is 0 Å². The molecular weight excluding hydrogens is 412 g/mol. The van der Waals surface area contributed by atoms with Crippen LogP contribution in [0.15, 0.2) is 60.9 Å². The molecule has 162 valence electrons. The number of benzene rings is 2. The molecule has 0 fully saturated rings. The van der Waals surface area contributed by atoms with Crippen LogP contribution < -0.4 is 9.47 Å². The summed E-state index contributed by atoms with van der Waals surface area (Å²) >= 11 is 0. The van der Waals surface area contributed by atoms with E-state index < -0.39 is 10.5 Å². The Balaban J connectivity index is 1.22. The van der Waals surface area contributed by atoms with Gasteiger partial charge < -0.3 is 19.6 Å². The van der Waals surface area contributed by atoms with Crippen LogP contribution in [-0.4, -0.2) is 41.7 Å². The lowest BCUT2D eigenvalue weighted by molar-refractivity contribution is -0.389. The summed E-state index contributed by atoms with van der Waals surface area (Å²) in [6.45, 7) is 4.61. The van der Waals surface area contributed by atoms with Gasteiger partial charge in [0.25, 0.3) is 0 Å². The van der Waals surface area contributed by atoms with Crippen LogP contribution in [0.1, 0.15) is 12.5 Å². The topological polar surface area (TPSA) is 110 Å². The fourth-order valence-electron chi connectivity index (χ4n) is 3.53. The number of hydrogen-bond donors (Lipinski definition) is 0. The van der Waals surface area contributed by atoms with Crippen LogP contribution in [0.3, 0.4) is 0 Å². The second-order valence-corrected chi connectivity index (χ2v) is 8.02. The number of aryl methyl sites for hydroxylation is 1. The van der Waals surface area contributed by atoms with Gasteiger partial charge in [-0.05, 0) is 43.0 Å². The summed E-state index contributed by atoms with van der Waals surface area (Å²) in [5, 5.41) is 19.3. The summed E-state index contributed by atoms with van der Waals surface area (Å²) in [6.07, 6.45) is 3.26. The first-order valence-corrected chi connectivity index (χ1v) is 10.0. The molecule has 0 unspecified atom stereocenters. The Morgan fingerprint density at radius 3 is 2.59 bits per heavy atom. The monoisotopic (exact) mass is 432 g/mol. The van der Waals surface area contributed by atoms with E-state index in [1.807, 2.05) is 68.6 Å². The molecule has 0 saturated heterocycles. The van der Waals surface area contributed by atoms with Crippen molar-refractivity contribution >= 4 is 5.82 Å². The Bertz CT molecular complexity index is 1250. The molecule has 1 atom stereocenters. The average Bonchev–Trinajstić information content (AvgIpc) is 3.47. The molecule has 3 heterocycles. The molecule has 0 aliphatic carbocycles. The first-order chi connectivity index (χ1) is 15.4. The molecule has 1 aliphatic rings. The number of rotatable bonds is 6. The van der Waals surface area contributed by atoms with Gasteiger partial charge in [0.15, 0.2) is 5.60 Å². The van der Waals surface area contributed by atoms with E-state index >= 15 is 0 Å². The van der Waals surface area contributed by atoms with Crippen LogP contribution in [0.4, 0.5) is 5.82 Å². The van der Waals surface area contributed by atoms with Gasteiger partial charge in [0.05, 0.1) is 18.4 Å². The molecule has 1 aliphatic heterocycles. The predicted octanol–water partition coefficient (Wildman–Crippen LogP) is 3.58. The lowest BCUT2D eigenvalue weighted by atomic mass is 10.1. The highest BCUT2D eigenvalue weighted by atomic mass is 16.6. The average molecular weight is 432 g/mol. The summed E-state index contributed by atoms with van der Waals surface area (Å²) in [5.41, 5.74) is 3.20. The minimum absolute atomic E-state index is 0.225. The highest BCUT2D eigenvalue weighted by molar-refractivity contribution is 5.58. The molecule has 32 heavy (non-hydrogen) atoms. The van der Waals surface area contributed by atoms with E-state index in [0.717, 1.165) is 16.9 Å². The van der Waals surface area contributed by atoms with Gasteiger partial charge in [0.2, 0.25) is 0 Å². The fraction of sp³-hybridized carbons (Fsp3) is 0.227. The molecule has 5 rings (SSSR count). The normalized spacial score (nSPS) is 17.1. The maximum Gasteiger partial charge on any atom is 0.415 e. The van der Waals surface area contributed by atoms with Crippen LogP contribution >= 0.6 is 0 Å². The van der Waals surface area contributed by atoms with E-state index in [-0.39, 0.29) is 18.4 Å². The van der Waals surface area contributed by atoms with Gasteiger partial charge in [0.1, 0.15) is 24.2 Å². The van der Waals surface area contributed by atoms with Crippen LogP contribution in [0.25, 0.3) is 16.9 Å². The van der Waals surface area contributed by atoms with E-state index in [4.69, 9.17) is 9.47 Å². The SMILES string of the molecule is Cc1ccc(-c2cn(-c3ccc(OC[C@@]4(C)Cn5cc([N+](=O)[O-])nc5O4)cc3)nn2)cc1. The van der Waals surface area contributed by atoms with Gasteiger partial charge in [-0.3, -0.25) is 4.57 Å². The summed E-state index contributed by atoms with van der Waals surface area (Å²) in [4.78, 5) is 14.2. The summed E-state index contributed by atoms with van der Waals surface area (Å²) < 4.78 is 15.0. The molecule has 2 aromatic heterocycles. The molecule has 0 spiro atoms. The van der Waals surface area contributed by atoms with E-state index in [1.165, 1.54) is 11.8 Å². The van der Waals surface area contributed by atoms with Crippen LogP contribution in [0, 0.1) is 17.0 Å². The summed E-state index contributed by atoms with van der Waals surface area (Å²) in [7, 11) is 0. The Labute approximate surface area is 183 Å². The molecule has 4 aromatic rings. The zero-order valence-corrected chi connectivity index (χ0v) is 17.5. The molecule has 0 radical (unpaired) electrons. The van der Waals surface area contributed by atoms with E-state index in [2.05, 4.69) is 15.3 Å². The number of hydrogen-bond acceptors (Lipinski definition) is 7. The van der Waals surface area contributed by atoms with Crippen molar-refractivity contribution < 1.29 is 14.4 Å². The van der Waals surface area contributed by atoms with Crippen molar-refractivity contribution in [3.8, 4) is 28.7 Å². The standard InChI is InChI=1S/C22H20N6O4/c1-15-3-5-16(6-4-15)19-11-27(25-24-19)17-7-9-18(10-8-17)31-14-22(2)13-26-12-20(28(29)30)23-21(26)32-22/h3-12H,13-14H2,1-2H3/t22-/m1/s1. The van der Waals surface area contributed by atoms with Gasteiger partial charge in [-0.25, -0.2) is 4.68 Å². The van der Waals surface area contributed by atoms with Crippen molar-refractivity contribution in [3.63, 3.8) is 0 Å². The van der Waals surface area contributed by atoms with Crippen molar-refractivity contribution in [2.45, 2.75) is 26.0 Å². The number of aromatic nitrogens is 5. The van der Waals surface area contributed by atoms with Crippen molar-refractivity contribution in [2.75, 3.05) is 6.61 Å². The smallest absolute Gasteiger partial charge is 0.415 e. The van der Waals surface area contributed by atoms with Crippen molar-refractivity contribution in [1.29, 1.82) is 0 Å². The van der Waals surface area contributed by atoms with Crippen molar-refractivity contribution in [1.82, 2.24) is 24.5 Å². The third kappa shape index (κ3) is 3.78. The van der Waals surface area contributed by atoms with Crippen LogP contribution in [0.5, 0.6) is 11.8 Å². The first kappa shape index (κ1) is 19.7. The second-order valence-electron chi connectivity index (χ2n) is 8.02. The van der Waals surface area contributed by atoms with Gasteiger partial charge in [-0.1, -0.05) is 35.0 Å². The molecule has 0 bridgehead atoms. The maximum atomic E-state index is 10.8. The molecule has 0 amide bonds. The molecule has 0 saturated carbocycles. The molecule has 0 N–H and O–H groups in total. The van der Waals surface area contributed by atoms with Crippen molar-refractivity contribution in [2.24, 2.45) is 0 Å². The quantitative estimate of drug-likeness (QED) is 0.338. The third-order valence-corrected chi connectivity index (χ3v) is 5.24. The minimum atomic E-state index is -0.662. The predicted molar refractivity (Wildman–Crippen MR) is 115 cm³/mol. The minimum Gasteiger partial charge on any atom is -0.489 e. The highest BCUT2D eigenvalue weighted by Gasteiger charge is 2.41. The first-order valence-electron chi connectivity index (χ1n) is 10.0. The Hall–Kier alpha value is -4.21. The van der Waals surface area contributed by atoms with Gasteiger partial charge in [-0.2, -0.15) is 0 Å². The largest absolute Gasteiger partial charge is 0.489 e. The Morgan fingerprint density at radius 2 is 1.91 bits per heavy atom. The highest BCUT2D eigenvalue weighted by Crippen LogP contribution is 2.31. The maximum absolute atomic E-state index is 10.8. The fourth-order valence-corrected chi connectivity index (χ4v) is 3.53. The zero-order chi connectivity index (χ0) is 22.3. The number of nitrogens with zero attached hydrogens (tertiary/aromatic N) is 6. The van der Waals surface area contributed by atoms with Gasteiger partial charge >= 0.3 is 11.8 Å². The Kier molecular flexibility index (Phi) is 4.62. The second kappa shape index (κ2) is 7.49. The summed E-state index contributed by atoms with van der Waals surface area (Å²) in [5.74, 6) is 0.449. The lowest BCUT2D eigenvalue weighted by Crippen LogP contribution is -2.38. The lowest BCUT2D eigenvalue weighted by Gasteiger charge is -2.22. The van der Waals surface area contributed by atoms with E-state index in [1.54, 1.807) is 9.25 Å². The van der Waals surface area contributed by atoms with Crippen LogP contribution in [-0.2, 0) is 6.54 Å². The van der Waals surface area contributed by atoms with Crippen molar-refractivity contribution in [3.05, 3.63) is 76.6 Å². The molecule has 2 aromatic carbocycles. The number of fused-ring (bicyclic) bond motifs is 1. The third-order valence-electron chi connectivity index (χ3n) is 5.24. The molecule has 10 heteroatoms. The summed E-state index contributed by atoms with van der Waals surface area (Å²) in [6, 6.07) is 15.9. The molecular formula is C22H20N6O4. The molecule has 10 nitrogen and oxygen atoms in total.